The summed E-state index contributed by atoms with van der Waals surface area (Å²) in [6.07, 6.45) is 1.77. The summed E-state index contributed by atoms with van der Waals surface area (Å²) < 4.78 is 6.42. The van der Waals surface area contributed by atoms with Crippen LogP contribution in [0.5, 0.6) is 0 Å². The van der Waals surface area contributed by atoms with Crippen LogP contribution in [0.2, 0.25) is 0 Å². The van der Waals surface area contributed by atoms with Crippen LogP contribution < -0.4 is 15.1 Å². The maximum atomic E-state index is 11.4. The molecule has 36 heavy (non-hydrogen) atoms. The van der Waals surface area contributed by atoms with Gasteiger partial charge in [-0.1, -0.05) is 12.1 Å². The number of nitrogens with one attached hydrogen (secondary N) is 1. The molecule has 0 spiro atoms. The van der Waals surface area contributed by atoms with Crippen LogP contribution in [-0.2, 0) is 0 Å². The monoisotopic (exact) mass is 498 g/mol. The Kier molecular flexibility index (Phi) is 6.20. The molecule has 182 valence electrons. The summed E-state index contributed by atoms with van der Waals surface area (Å²) in [6, 6.07) is 22.5. The van der Waals surface area contributed by atoms with E-state index < -0.39 is 5.97 Å². The quantitative estimate of drug-likeness (QED) is 0.333. The van der Waals surface area contributed by atoms with E-state index in [2.05, 4.69) is 44.4 Å². The van der Waals surface area contributed by atoms with Gasteiger partial charge in [0, 0.05) is 37.2 Å². The molecule has 3 heterocycles. The Hall–Kier alpha value is -4.17. The fraction of sp³-hybridized carbons (Fsp3) is 0.179. The number of hydrogen-bond acceptors (Lipinski definition) is 5. The molecule has 0 saturated carbocycles. The number of benzene rings is 2. The number of aryl methyl sites for hydroxylation is 1. The van der Waals surface area contributed by atoms with Crippen molar-refractivity contribution in [3.63, 3.8) is 0 Å². The topological polar surface area (TPSA) is 81.8 Å². The molecule has 2 atom stereocenters. The van der Waals surface area contributed by atoms with Crippen molar-refractivity contribution >= 4 is 34.7 Å². The van der Waals surface area contributed by atoms with E-state index in [0.717, 1.165) is 34.0 Å². The Labute approximate surface area is 215 Å². The van der Waals surface area contributed by atoms with Gasteiger partial charge >= 0.3 is 5.97 Å². The van der Waals surface area contributed by atoms with Crippen molar-refractivity contribution in [1.29, 1.82) is 0 Å². The summed E-state index contributed by atoms with van der Waals surface area (Å²) in [6.45, 7) is 1.88. The van der Waals surface area contributed by atoms with Crippen molar-refractivity contribution in [2.45, 2.75) is 19.0 Å². The number of rotatable bonds is 6. The Bertz CT molecular complexity index is 1420. The van der Waals surface area contributed by atoms with Gasteiger partial charge in [0.2, 0.25) is 0 Å². The average Bonchev–Trinajstić information content (AvgIpc) is 3.49. The molecule has 0 bridgehead atoms. The van der Waals surface area contributed by atoms with Gasteiger partial charge in [-0.05, 0) is 85.4 Å². The maximum absolute atomic E-state index is 11.4. The largest absolute Gasteiger partial charge is 0.478 e. The molecule has 1 aliphatic heterocycles. The minimum absolute atomic E-state index is 0.221. The molecule has 5 rings (SSSR count). The standard InChI is InChI=1S/C28H26N4O3S/c1-17-16-18(27(33)34)7-12-21(17)23-13-14-24(35-23)26-25(22-6-4-5-15-29-22)30-28(36)32(26)20-10-8-19(9-11-20)31(2)3/h4-16,25-26H,1-3H3,(H,30,36)(H,33,34). The van der Waals surface area contributed by atoms with Gasteiger partial charge in [-0.25, -0.2) is 4.79 Å². The molecule has 2 N–H and O–H groups in total. The SMILES string of the molecule is Cc1cc(C(=O)O)ccc1-c1ccc(C2C(c3ccccn3)NC(=S)N2c2ccc(N(C)C)cc2)o1. The van der Waals surface area contributed by atoms with Crippen LogP contribution in [0, 0.1) is 6.92 Å². The molecule has 8 heteroatoms. The van der Waals surface area contributed by atoms with Crippen LogP contribution in [0.4, 0.5) is 11.4 Å². The summed E-state index contributed by atoms with van der Waals surface area (Å²) >= 11 is 5.80. The van der Waals surface area contributed by atoms with E-state index in [-0.39, 0.29) is 17.6 Å². The van der Waals surface area contributed by atoms with E-state index in [1.165, 1.54) is 0 Å². The van der Waals surface area contributed by atoms with E-state index in [9.17, 15) is 9.90 Å². The van der Waals surface area contributed by atoms with Crippen molar-refractivity contribution < 1.29 is 14.3 Å². The van der Waals surface area contributed by atoms with E-state index in [1.807, 2.05) is 51.4 Å². The van der Waals surface area contributed by atoms with Gasteiger partial charge in [0.1, 0.15) is 17.6 Å². The van der Waals surface area contributed by atoms with Crippen molar-refractivity contribution in [2.75, 3.05) is 23.9 Å². The zero-order valence-electron chi connectivity index (χ0n) is 20.2. The number of carboxylic acids is 1. The first-order chi connectivity index (χ1) is 17.3. The molecular formula is C28H26N4O3S. The van der Waals surface area contributed by atoms with Crippen LogP contribution >= 0.6 is 12.2 Å². The molecule has 0 aliphatic carbocycles. The number of carboxylic acid groups (broad SMARTS) is 1. The average molecular weight is 499 g/mol. The van der Waals surface area contributed by atoms with E-state index in [0.29, 0.717) is 10.9 Å². The molecule has 4 aromatic rings. The molecule has 2 aromatic heterocycles. The van der Waals surface area contributed by atoms with Crippen LogP contribution in [0.1, 0.15) is 39.5 Å². The number of aromatic nitrogens is 1. The lowest BCUT2D eigenvalue weighted by Gasteiger charge is -2.26. The predicted octanol–water partition coefficient (Wildman–Crippen LogP) is 5.59. The minimum Gasteiger partial charge on any atom is -0.478 e. The zero-order valence-corrected chi connectivity index (χ0v) is 21.0. The predicted molar refractivity (Wildman–Crippen MR) is 145 cm³/mol. The van der Waals surface area contributed by atoms with Gasteiger partial charge in [-0.15, -0.1) is 0 Å². The van der Waals surface area contributed by atoms with Crippen LogP contribution in [-0.4, -0.2) is 35.3 Å². The maximum Gasteiger partial charge on any atom is 0.335 e. The van der Waals surface area contributed by atoms with Crippen molar-refractivity contribution in [2.24, 2.45) is 0 Å². The molecule has 0 radical (unpaired) electrons. The zero-order chi connectivity index (χ0) is 25.4. The third-order valence-corrected chi connectivity index (χ3v) is 6.71. The summed E-state index contributed by atoms with van der Waals surface area (Å²) in [5.74, 6) is 0.441. The van der Waals surface area contributed by atoms with E-state index >= 15 is 0 Å². The fourth-order valence-corrected chi connectivity index (χ4v) is 4.91. The lowest BCUT2D eigenvalue weighted by atomic mass is 10.0. The second-order valence-electron chi connectivity index (χ2n) is 8.94. The van der Waals surface area contributed by atoms with E-state index in [1.54, 1.807) is 24.4 Å². The Morgan fingerprint density at radius 2 is 1.86 bits per heavy atom. The molecule has 1 saturated heterocycles. The molecule has 1 fully saturated rings. The second kappa shape index (κ2) is 9.47. The Balaban J connectivity index is 1.57. The van der Waals surface area contributed by atoms with Gasteiger partial charge in [0.05, 0.1) is 17.3 Å². The van der Waals surface area contributed by atoms with Crippen LogP contribution in [0.15, 0.2) is 83.4 Å². The number of thiocarbonyl (C=S) groups is 1. The first-order valence-corrected chi connectivity index (χ1v) is 12.0. The summed E-state index contributed by atoms with van der Waals surface area (Å²) in [5.41, 5.74) is 4.81. The lowest BCUT2D eigenvalue weighted by Crippen LogP contribution is -2.29. The van der Waals surface area contributed by atoms with Crippen LogP contribution in [0.3, 0.4) is 0 Å². The number of pyridine rings is 1. The minimum atomic E-state index is -0.954. The lowest BCUT2D eigenvalue weighted by molar-refractivity contribution is 0.0696. The third kappa shape index (κ3) is 4.31. The number of hydrogen-bond donors (Lipinski definition) is 2. The van der Waals surface area contributed by atoms with Gasteiger partial charge in [0.15, 0.2) is 5.11 Å². The van der Waals surface area contributed by atoms with Crippen LogP contribution in [0.25, 0.3) is 11.3 Å². The molecule has 1 aliphatic rings. The highest BCUT2D eigenvalue weighted by atomic mass is 32.1. The number of anilines is 2. The number of aromatic carboxylic acids is 1. The highest BCUT2D eigenvalue weighted by Gasteiger charge is 2.42. The number of nitrogens with zero attached hydrogens (tertiary/aromatic N) is 3. The molecule has 2 aromatic carbocycles. The first kappa shape index (κ1) is 23.6. The highest BCUT2D eigenvalue weighted by molar-refractivity contribution is 7.80. The van der Waals surface area contributed by atoms with Gasteiger partial charge < -0.3 is 24.6 Å². The molecule has 0 amide bonds. The van der Waals surface area contributed by atoms with Gasteiger partial charge in [0.25, 0.3) is 0 Å². The third-order valence-electron chi connectivity index (χ3n) is 6.40. The Morgan fingerprint density at radius 3 is 2.50 bits per heavy atom. The fourth-order valence-electron chi connectivity index (χ4n) is 4.56. The second-order valence-corrected chi connectivity index (χ2v) is 9.33. The van der Waals surface area contributed by atoms with Crippen molar-refractivity contribution in [3.8, 4) is 11.3 Å². The Morgan fingerprint density at radius 1 is 1.08 bits per heavy atom. The van der Waals surface area contributed by atoms with Gasteiger partial charge in [-0.3, -0.25) is 4.98 Å². The summed E-state index contributed by atoms with van der Waals surface area (Å²) in [7, 11) is 4.01. The highest BCUT2D eigenvalue weighted by Crippen LogP contribution is 2.43. The normalized spacial score (nSPS) is 17.2. The molecule has 2 unspecified atom stereocenters. The first-order valence-electron chi connectivity index (χ1n) is 11.6. The van der Waals surface area contributed by atoms with Crippen molar-refractivity contribution in [3.05, 3.63) is 102 Å². The number of furan rings is 1. The molecular weight excluding hydrogens is 472 g/mol. The smallest absolute Gasteiger partial charge is 0.335 e. The number of carbonyl (C=O) groups is 1. The van der Waals surface area contributed by atoms with Crippen molar-refractivity contribution in [1.82, 2.24) is 10.3 Å². The van der Waals surface area contributed by atoms with Gasteiger partial charge in [-0.2, -0.15) is 0 Å². The van der Waals surface area contributed by atoms with E-state index in [4.69, 9.17) is 16.6 Å². The summed E-state index contributed by atoms with van der Waals surface area (Å²) in [5, 5.41) is 13.3. The molecule has 7 nitrogen and oxygen atoms in total. The summed E-state index contributed by atoms with van der Waals surface area (Å²) in [4.78, 5) is 20.1.